The Morgan fingerprint density at radius 2 is 0.651 bits per heavy atom. The van der Waals surface area contributed by atoms with Gasteiger partial charge < -0.3 is 68.1 Å². The summed E-state index contributed by atoms with van der Waals surface area (Å²) in [7, 11) is -10.1. The predicted molar refractivity (Wildman–Crippen MR) is 405 cm³/mol. The summed E-state index contributed by atoms with van der Waals surface area (Å²) in [6.45, 7) is 9.58. The van der Waals surface area contributed by atoms with Gasteiger partial charge in [-0.25, -0.2) is 0 Å². The van der Waals surface area contributed by atoms with Crippen molar-refractivity contribution in [3.63, 3.8) is 0 Å². The SMILES string of the molecule is CCCCCC/C=C\CCCC(=O)O[C@H](CCCCCCC)CC(=O)NC(COCCC(=O)CCCCCCC)COP(=O)([O-])OCCNC(=O)CCC(=O)NCCOP(=O)([O-])OCC(COCCC(=O)CCCCCCC)NC(=O)C[C@@H](CCCCCCC)OC(=O)CCC/C=C\CCCCCC.[Na+].[Na+]. The Bertz CT molecular complexity index is 2220. The standard InChI is InChI=1S/C78H144N4O20P2.2Na/c1-7-13-19-25-27-29-31-37-43-49-77(89)101-71(47-41-35-23-17-11-5)61-75(87)81-67(63-95-57-53-69(83)45-39-33-21-15-9-3)65-99-103(91,92)97-59-55-79-73(85)51-52-74(86)80-56-60-98-104(93,94)100-66-68(64-96-58-54-70(84)46-40-34-22-16-10-4)82-76(88)62-72(48-42-36-24-18-12-6)102-78(90)50-44-38-32-30-28-26-20-14-8-2;;/h29-32,67-68,71-72H,7-28,33-66H2,1-6H3,(H,79,85)(H,80,86)(H,81,87)(H,82,88)(H,91,92)(H,93,94);;/q;2*+1/p-2/b31-29-,32-30-;;/t67?,68?,71-,72-;;/m1../s1. The molecule has 4 unspecified atom stereocenters. The third kappa shape index (κ3) is 73.3. The van der Waals surface area contributed by atoms with Gasteiger partial charge in [0.15, 0.2) is 0 Å². The van der Waals surface area contributed by atoms with Crippen molar-refractivity contribution in [3.8, 4) is 0 Å². The zero-order valence-corrected chi connectivity index (χ0v) is 73.1. The van der Waals surface area contributed by atoms with Crippen molar-refractivity contribution in [2.45, 2.75) is 361 Å². The second-order valence-corrected chi connectivity index (χ2v) is 30.2. The van der Waals surface area contributed by atoms with Gasteiger partial charge in [-0.2, -0.15) is 0 Å². The number of ketones is 2. The minimum Gasteiger partial charge on any atom is -0.756 e. The normalized spacial score (nSPS) is 13.7. The molecule has 0 saturated carbocycles. The maximum atomic E-state index is 13.6. The molecule has 606 valence electrons. The average molecular weight is 1560 g/mol. The number of nitrogens with one attached hydrogen (secondary N) is 4. The zero-order valence-electron chi connectivity index (χ0n) is 67.3. The second kappa shape index (κ2) is 76.8. The third-order valence-electron chi connectivity index (χ3n) is 17.3. The van der Waals surface area contributed by atoms with Gasteiger partial charge >= 0.3 is 71.1 Å². The Hall–Kier alpha value is -2.22. The van der Waals surface area contributed by atoms with Gasteiger partial charge in [-0.05, 0) is 89.9 Å². The molecule has 106 heavy (non-hydrogen) atoms. The van der Waals surface area contributed by atoms with Crippen molar-refractivity contribution in [1.82, 2.24) is 21.3 Å². The molecule has 4 amide bonds. The summed E-state index contributed by atoms with van der Waals surface area (Å²) in [4.78, 5) is 130. The van der Waals surface area contributed by atoms with Crippen LogP contribution in [-0.2, 0) is 84.5 Å². The van der Waals surface area contributed by atoms with E-state index in [4.69, 9.17) is 37.0 Å². The number of phosphoric ester groups is 2. The van der Waals surface area contributed by atoms with Crippen LogP contribution >= 0.6 is 15.6 Å². The van der Waals surface area contributed by atoms with Crippen LogP contribution in [0.3, 0.4) is 0 Å². The number of unbranched alkanes of at least 4 members (excludes halogenated alkanes) is 26. The Balaban J connectivity index is -0.0000530. The molecule has 0 heterocycles. The number of rotatable bonds is 77. The molecule has 4 N–H and O–H groups in total. The molecule has 28 heteroatoms. The molecule has 0 aliphatic carbocycles. The summed E-state index contributed by atoms with van der Waals surface area (Å²) in [6, 6.07) is -2.04. The van der Waals surface area contributed by atoms with E-state index in [1.807, 2.05) is 0 Å². The number of carbonyl (C=O) groups is 8. The largest absolute Gasteiger partial charge is 1.00 e. The minimum atomic E-state index is -5.04. The zero-order chi connectivity index (χ0) is 76.8. The number of ether oxygens (including phenoxy) is 4. The van der Waals surface area contributed by atoms with Crippen LogP contribution in [0, 0.1) is 0 Å². The van der Waals surface area contributed by atoms with E-state index in [2.05, 4.69) is 87.1 Å². The Kier molecular flexibility index (Phi) is 78.2. The molecule has 0 aromatic rings. The number of esters is 2. The van der Waals surface area contributed by atoms with Crippen molar-refractivity contribution in [1.29, 1.82) is 0 Å². The molecule has 0 spiro atoms. The van der Waals surface area contributed by atoms with E-state index in [9.17, 15) is 57.3 Å². The number of Topliss-reactive ketones (excluding diaryl/α,β-unsaturated/α-hetero) is 2. The molecule has 0 bridgehead atoms. The number of hydrogen-bond acceptors (Lipinski definition) is 20. The van der Waals surface area contributed by atoms with E-state index >= 15 is 0 Å². The fraction of sp³-hybridized carbons (Fsp3) is 0.846. The molecule has 0 radical (unpaired) electrons. The Morgan fingerprint density at radius 3 is 0.991 bits per heavy atom. The molecule has 0 aliphatic heterocycles. The number of carbonyl (C=O) groups excluding carboxylic acids is 8. The second-order valence-electron chi connectivity index (χ2n) is 27.4. The Labute approximate surface area is 683 Å². The van der Waals surface area contributed by atoms with E-state index in [0.29, 0.717) is 38.5 Å². The summed E-state index contributed by atoms with van der Waals surface area (Å²) < 4.78 is 69.6. The molecule has 0 rings (SSSR count). The fourth-order valence-electron chi connectivity index (χ4n) is 11.1. The van der Waals surface area contributed by atoms with Gasteiger partial charge in [-0.1, -0.05) is 207 Å². The van der Waals surface area contributed by atoms with Crippen LogP contribution in [0.2, 0.25) is 0 Å². The first-order valence-corrected chi connectivity index (χ1v) is 43.3. The van der Waals surface area contributed by atoms with Gasteiger partial charge in [0.1, 0.15) is 23.8 Å². The van der Waals surface area contributed by atoms with E-state index in [1.165, 1.54) is 38.5 Å². The van der Waals surface area contributed by atoms with Crippen molar-refractivity contribution in [3.05, 3.63) is 24.3 Å². The van der Waals surface area contributed by atoms with Gasteiger partial charge in [0.2, 0.25) is 23.6 Å². The van der Waals surface area contributed by atoms with Crippen LogP contribution in [0.4, 0.5) is 0 Å². The van der Waals surface area contributed by atoms with Crippen LogP contribution in [0.5, 0.6) is 0 Å². The number of phosphoric acid groups is 2. The molecule has 0 aromatic heterocycles. The van der Waals surface area contributed by atoms with Gasteiger partial charge in [-0.3, -0.25) is 47.5 Å². The first kappa shape index (κ1) is 108. The Morgan fingerprint density at radius 1 is 0.340 bits per heavy atom. The number of hydrogen-bond donors (Lipinski definition) is 4. The topological polar surface area (TPSA) is 339 Å². The van der Waals surface area contributed by atoms with Crippen molar-refractivity contribution < 1.29 is 153 Å². The third-order valence-corrected chi connectivity index (χ3v) is 19.2. The summed E-state index contributed by atoms with van der Waals surface area (Å²) >= 11 is 0. The van der Waals surface area contributed by atoms with Gasteiger partial charge in [0, 0.05) is 64.5 Å². The molecule has 0 fully saturated rings. The molecule has 0 aromatic carbocycles. The van der Waals surface area contributed by atoms with Crippen LogP contribution < -0.4 is 90.2 Å². The van der Waals surface area contributed by atoms with Crippen molar-refractivity contribution in [2.24, 2.45) is 0 Å². The first-order chi connectivity index (χ1) is 50.2. The van der Waals surface area contributed by atoms with E-state index in [0.717, 1.165) is 167 Å². The predicted octanol–water partition coefficient (Wildman–Crippen LogP) is 9.37. The maximum Gasteiger partial charge on any atom is 1.00 e. The van der Waals surface area contributed by atoms with Gasteiger partial charge in [-0.15, -0.1) is 0 Å². The molecule has 0 aliphatic rings. The molecular weight excluding hydrogens is 1420 g/mol. The minimum absolute atomic E-state index is 0. The van der Waals surface area contributed by atoms with Crippen LogP contribution in [-0.4, -0.2) is 137 Å². The number of allylic oxidation sites excluding steroid dienone is 4. The van der Waals surface area contributed by atoms with Gasteiger partial charge in [0.05, 0.1) is 77.8 Å². The fourth-order valence-corrected chi connectivity index (χ4v) is 12.6. The maximum absolute atomic E-state index is 13.6. The van der Waals surface area contributed by atoms with Crippen LogP contribution in [0.15, 0.2) is 24.3 Å². The average Bonchev–Trinajstić information content (AvgIpc) is 1.10. The molecule has 6 atom stereocenters. The molecule has 0 saturated heterocycles. The van der Waals surface area contributed by atoms with E-state index in [1.54, 1.807) is 0 Å². The first-order valence-electron chi connectivity index (χ1n) is 40.4. The van der Waals surface area contributed by atoms with Crippen LogP contribution in [0.25, 0.3) is 0 Å². The van der Waals surface area contributed by atoms with E-state index < -0.39 is 102 Å². The monoisotopic (exact) mass is 1560 g/mol. The van der Waals surface area contributed by atoms with Crippen molar-refractivity contribution in [2.75, 3.05) is 65.9 Å². The quantitative estimate of drug-likeness (QED) is 0.0145. The summed E-state index contributed by atoms with van der Waals surface area (Å²) in [5.41, 5.74) is 0. The molecule has 24 nitrogen and oxygen atoms in total. The smallest absolute Gasteiger partial charge is 0.756 e. The summed E-state index contributed by atoms with van der Waals surface area (Å²) in [6.07, 6.45) is 42.1. The summed E-state index contributed by atoms with van der Waals surface area (Å²) in [5.74, 6) is -3.04. The van der Waals surface area contributed by atoms with Crippen LogP contribution in [0.1, 0.15) is 337 Å². The van der Waals surface area contributed by atoms with Crippen molar-refractivity contribution >= 4 is 62.8 Å². The van der Waals surface area contributed by atoms with Gasteiger partial charge in [0.25, 0.3) is 15.6 Å². The summed E-state index contributed by atoms with van der Waals surface area (Å²) in [5, 5.41) is 10.4. The molecular formula is C78H142N4Na2O20P2. The van der Waals surface area contributed by atoms with E-state index in [-0.39, 0.29) is 162 Å². The number of amides is 4.